The van der Waals surface area contributed by atoms with Gasteiger partial charge in [-0.2, -0.15) is 0 Å². The van der Waals surface area contributed by atoms with Crippen LogP contribution in [0.2, 0.25) is 0 Å². The zero-order valence-corrected chi connectivity index (χ0v) is 11.5. The van der Waals surface area contributed by atoms with E-state index < -0.39 is 0 Å². The van der Waals surface area contributed by atoms with E-state index >= 15 is 0 Å². The normalized spacial score (nSPS) is 12.8. The molecule has 0 heterocycles. The summed E-state index contributed by atoms with van der Waals surface area (Å²) in [7, 11) is 1.98. The lowest BCUT2D eigenvalue weighted by atomic mass is 9.98. The van der Waals surface area contributed by atoms with E-state index in [-0.39, 0.29) is 5.82 Å². The third-order valence-corrected chi connectivity index (χ3v) is 3.40. The highest BCUT2D eigenvalue weighted by Gasteiger charge is 2.04. The third-order valence-electron chi connectivity index (χ3n) is 2.80. The van der Waals surface area contributed by atoms with Crippen LogP contribution in [-0.2, 0) is 6.42 Å². The Kier molecular flexibility index (Phi) is 5.99. The molecule has 0 saturated carbocycles. The van der Waals surface area contributed by atoms with Gasteiger partial charge in [0.25, 0.3) is 0 Å². The first-order chi connectivity index (χ1) is 7.63. The predicted octanol–water partition coefficient (Wildman–Crippen LogP) is 3.77. The van der Waals surface area contributed by atoms with Gasteiger partial charge in [0.2, 0.25) is 0 Å². The van der Waals surface area contributed by atoms with Crippen LogP contribution < -0.4 is 5.32 Å². The Labute approximate surface area is 106 Å². The highest BCUT2D eigenvalue weighted by Crippen LogP contribution is 2.19. The monoisotopic (exact) mass is 287 g/mol. The highest BCUT2D eigenvalue weighted by molar-refractivity contribution is 9.10. The number of hydrogen-bond acceptors (Lipinski definition) is 1. The summed E-state index contributed by atoms with van der Waals surface area (Å²) in [5.41, 5.74) is 1.20. The Morgan fingerprint density at radius 2 is 2.12 bits per heavy atom. The quantitative estimate of drug-likeness (QED) is 0.840. The molecule has 0 saturated heterocycles. The summed E-state index contributed by atoms with van der Waals surface area (Å²) in [6, 6.07) is 5.27. The number of halogens is 2. The standard InChI is InChI=1S/C13H19BrFN/c1-10(7-8-16-2)3-4-11-5-6-13(15)12(14)9-11/h5-6,9-10,16H,3-4,7-8H2,1-2H3. The molecular weight excluding hydrogens is 269 g/mol. The Bertz CT molecular complexity index is 328. The number of aryl methyl sites for hydroxylation is 1. The van der Waals surface area contributed by atoms with Gasteiger partial charge in [0, 0.05) is 0 Å². The van der Waals surface area contributed by atoms with Crippen molar-refractivity contribution >= 4 is 15.9 Å². The molecule has 0 aliphatic heterocycles. The first-order valence-electron chi connectivity index (χ1n) is 5.72. The molecule has 1 atom stereocenters. The fourth-order valence-electron chi connectivity index (χ4n) is 1.64. The maximum atomic E-state index is 13.0. The Morgan fingerprint density at radius 1 is 1.38 bits per heavy atom. The van der Waals surface area contributed by atoms with Crippen molar-refractivity contribution in [3.05, 3.63) is 34.1 Å². The maximum Gasteiger partial charge on any atom is 0.137 e. The molecule has 0 radical (unpaired) electrons. The van der Waals surface area contributed by atoms with Crippen LogP contribution in [0, 0.1) is 11.7 Å². The van der Waals surface area contributed by atoms with E-state index in [1.165, 1.54) is 18.1 Å². The molecule has 0 bridgehead atoms. The van der Waals surface area contributed by atoms with E-state index in [4.69, 9.17) is 0 Å². The van der Waals surface area contributed by atoms with Gasteiger partial charge in [0.15, 0.2) is 0 Å². The lowest BCUT2D eigenvalue weighted by molar-refractivity contribution is 0.481. The Morgan fingerprint density at radius 3 is 2.75 bits per heavy atom. The fraction of sp³-hybridized carbons (Fsp3) is 0.538. The molecule has 90 valence electrons. The Hall–Kier alpha value is -0.410. The van der Waals surface area contributed by atoms with Crippen molar-refractivity contribution in [3.63, 3.8) is 0 Å². The van der Waals surface area contributed by atoms with Crippen LogP contribution >= 0.6 is 15.9 Å². The second-order valence-corrected chi connectivity index (χ2v) is 5.14. The molecule has 1 aromatic carbocycles. The van der Waals surface area contributed by atoms with Crippen LogP contribution in [0.3, 0.4) is 0 Å². The maximum absolute atomic E-state index is 13.0. The van der Waals surface area contributed by atoms with Crippen molar-refractivity contribution in [1.29, 1.82) is 0 Å². The lowest BCUT2D eigenvalue weighted by Crippen LogP contribution is -2.11. The fourth-order valence-corrected chi connectivity index (χ4v) is 2.07. The van der Waals surface area contributed by atoms with Crippen molar-refractivity contribution in [2.24, 2.45) is 5.92 Å². The Balaban J connectivity index is 2.39. The first kappa shape index (κ1) is 13.7. The summed E-state index contributed by atoms with van der Waals surface area (Å²) in [6.45, 7) is 3.32. The van der Waals surface area contributed by atoms with E-state index in [2.05, 4.69) is 28.2 Å². The van der Waals surface area contributed by atoms with E-state index in [1.807, 2.05) is 19.2 Å². The smallest absolute Gasteiger partial charge is 0.137 e. The number of hydrogen-bond donors (Lipinski definition) is 1. The number of rotatable bonds is 6. The van der Waals surface area contributed by atoms with E-state index in [0.29, 0.717) is 10.4 Å². The first-order valence-corrected chi connectivity index (χ1v) is 6.51. The molecule has 1 N–H and O–H groups in total. The zero-order valence-electron chi connectivity index (χ0n) is 9.89. The van der Waals surface area contributed by atoms with E-state index in [0.717, 1.165) is 19.4 Å². The van der Waals surface area contributed by atoms with Crippen molar-refractivity contribution in [2.45, 2.75) is 26.2 Å². The number of nitrogens with one attached hydrogen (secondary N) is 1. The van der Waals surface area contributed by atoms with E-state index in [1.54, 1.807) is 0 Å². The minimum Gasteiger partial charge on any atom is -0.320 e. The zero-order chi connectivity index (χ0) is 12.0. The van der Waals surface area contributed by atoms with Crippen LogP contribution in [0.25, 0.3) is 0 Å². The second kappa shape index (κ2) is 7.02. The van der Waals surface area contributed by atoms with Gasteiger partial charge in [-0.05, 0) is 72.4 Å². The van der Waals surface area contributed by atoms with Gasteiger partial charge >= 0.3 is 0 Å². The topological polar surface area (TPSA) is 12.0 Å². The van der Waals surface area contributed by atoms with Gasteiger partial charge in [0.05, 0.1) is 4.47 Å². The van der Waals surface area contributed by atoms with Gasteiger partial charge in [-0.15, -0.1) is 0 Å². The molecule has 3 heteroatoms. The van der Waals surface area contributed by atoms with E-state index in [9.17, 15) is 4.39 Å². The van der Waals surface area contributed by atoms with Crippen molar-refractivity contribution in [1.82, 2.24) is 5.32 Å². The van der Waals surface area contributed by atoms with Gasteiger partial charge in [-0.3, -0.25) is 0 Å². The molecule has 0 aliphatic carbocycles. The molecule has 0 fully saturated rings. The summed E-state index contributed by atoms with van der Waals surface area (Å²) in [5.74, 6) is 0.517. The molecule has 1 aromatic rings. The summed E-state index contributed by atoms with van der Waals surface area (Å²) < 4.78 is 13.6. The lowest BCUT2D eigenvalue weighted by Gasteiger charge is -2.11. The number of benzene rings is 1. The highest BCUT2D eigenvalue weighted by atomic mass is 79.9. The molecule has 0 aromatic heterocycles. The molecule has 1 unspecified atom stereocenters. The largest absolute Gasteiger partial charge is 0.320 e. The molecule has 1 nitrogen and oxygen atoms in total. The van der Waals surface area contributed by atoms with Gasteiger partial charge in [-0.25, -0.2) is 4.39 Å². The van der Waals surface area contributed by atoms with Gasteiger partial charge < -0.3 is 5.32 Å². The van der Waals surface area contributed by atoms with Crippen molar-refractivity contribution in [3.8, 4) is 0 Å². The van der Waals surface area contributed by atoms with Crippen LogP contribution in [0.5, 0.6) is 0 Å². The minimum atomic E-state index is -0.188. The summed E-state index contributed by atoms with van der Waals surface area (Å²) in [5, 5.41) is 3.16. The second-order valence-electron chi connectivity index (χ2n) is 4.28. The molecule has 16 heavy (non-hydrogen) atoms. The molecular formula is C13H19BrFN. The van der Waals surface area contributed by atoms with Gasteiger partial charge in [-0.1, -0.05) is 13.0 Å². The van der Waals surface area contributed by atoms with Crippen LogP contribution in [0.4, 0.5) is 4.39 Å². The van der Waals surface area contributed by atoms with Crippen LogP contribution in [0.1, 0.15) is 25.3 Å². The van der Waals surface area contributed by atoms with Crippen LogP contribution in [0.15, 0.2) is 22.7 Å². The molecule has 0 aliphatic rings. The molecule has 1 rings (SSSR count). The molecule has 0 spiro atoms. The van der Waals surface area contributed by atoms with Crippen LogP contribution in [-0.4, -0.2) is 13.6 Å². The van der Waals surface area contributed by atoms with Gasteiger partial charge in [0.1, 0.15) is 5.82 Å². The molecule has 0 amide bonds. The average molecular weight is 288 g/mol. The minimum absolute atomic E-state index is 0.188. The average Bonchev–Trinajstić information content (AvgIpc) is 2.28. The predicted molar refractivity (Wildman–Crippen MR) is 70.1 cm³/mol. The summed E-state index contributed by atoms with van der Waals surface area (Å²) >= 11 is 3.21. The van der Waals surface area contributed by atoms with Crippen molar-refractivity contribution in [2.75, 3.05) is 13.6 Å². The summed E-state index contributed by atoms with van der Waals surface area (Å²) in [6.07, 6.45) is 3.36. The SMILES string of the molecule is CNCCC(C)CCc1ccc(F)c(Br)c1. The third kappa shape index (κ3) is 4.62. The summed E-state index contributed by atoms with van der Waals surface area (Å²) in [4.78, 5) is 0. The van der Waals surface area contributed by atoms with Crippen molar-refractivity contribution < 1.29 is 4.39 Å².